The molecule has 1 atom stereocenters. The third kappa shape index (κ3) is 7.02. The number of carbonyl (C=O) groups is 2. The summed E-state index contributed by atoms with van der Waals surface area (Å²) in [5.74, 6) is -3.35. The van der Waals surface area contributed by atoms with Crippen molar-refractivity contribution in [1.29, 1.82) is 0 Å². The van der Waals surface area contributed by atoms with Crippen LogP contribution in [0.2, 0.25) is 0 Å². The molecule has 2 N–H and O–H groups in total. The van der Waals surface area contributed by atoms with Gasteiger partial charge in [0.25, 0.3) is 5.56 Å². The van der Waals surface area contributed by atoms with Gasteiger partial charge in [0.2, 0.25) is 5.91 Å². The van der Waals surface area contributed by atoms with Crippen molar-refractivity contribution in [3.8, 4) is 11.1 Å². The van der Waals surface area contributed by atoms with E-state index < -0.39 is 104 Å². The van der Waals surface area contributed by atoms with E-state index in [4.69, 9.17) is 0 Å². The second-order valence-corrected chi connectivity index (χ2v) is 12.3. The van der Waals surface area contributed by atoms with Crippen molar-refractivity contribution in [1.82, 2.24) is 14.8 Å². The largest absolute Gasteiger partial charge is 0.480 e. The molecule has 7 nitrogen and oxygen atoms in total. The summed E-state index contributed by atoms with van der Waals surface area (Å²) >= 11 is 0. The van der Waals surface area contributed by atoms with Crippen LogP contribution in [0, 0.1) is 5.41 Å². The lowest BCUT2D eigenvalue weighted by atomic mass is 9.76. The van der Waals surface area contributed by atoms with Gasteiger partial charge in [0.05, 0.1) is 23.1 Å². The number of aromatic nitrogens is 1. The van der Waals surface area contributed by atoms with Crippen molar-refractivity contribution in [3.63, 3.8) is 0 Å². The molecule has 1 amide bonds. The molecular weight excluding hydrogens is 685 g/mol. The Balaban J connectivity index is 1.51. The number of carboxylic acid groups (broad SMARTS) is 1. The Morgan fingerprint density at radius 3 is 2.06 bits per heavy atom. The zero-order valence-electron chi connectivity index (χ0n) is 26.3. The van der Waals surface area contributed by atoms with Crippen LogP contribution in [0.3, 0.4) is 0 Å². The molecule has 1 fully saturated rings. The zero-order valence-corrected chi connectivity index (χ0v) is 26.3. The summed E-state index contributed by atoms with van der Waals surface area (Å²) in [4.78, 5) is 40.3. The molecule has 50 heavy (non-hydrogen) atoms. The smallest absolute Gasteiger partial charge is 0.417 e. The molecule has 1 aliphatic heterocycles. The number of benzene rings is 3. The predicted octanol–water partition coefficient (Wildman–Crippen LogP) is 7.09. The van der Waals surface area contributed by atoms with Crippen molar-refractivity contribution in [2.45, 2.75) is 50.3 Å². The molecule has 268 valence electrons. The number of likely N-dealkylation sites (tertiary alicyclic amines) is 1. The number of carbonyl (C=O) groups excluding carboxylic acids is 1. The van der Waals surface area contributed by atoms with Gasteiger partial charge in [-0.2, -0.15) is 39.5 Å². The van der Waals surface area contributed by atoms with Crippen molar-refractivity contribution in [2.24, 2.45) is 12.5 Å². The number of aliphatic carboxylic acids is 1. The highest BCUT2D eigenvalue weighted by Crippen LogP contribution is 2.47. The zero-order chi connectivity index (χ0) is 36.8. The Hall–Kier alpha value is -4.60. The first-order valence-electron chi connectivity index (χ1n) is 15.3. The summed E-state index contributed by atoms with van der Waals surface area (Å²) in [6.07, 6.45) is -18.3. The Morgan fingerprint density at radius 1 is 0.860 bits per heavy atom. The topological polar surface area (TPSA) is 91.6 Å². The molecule has 5 rings (SSSR count). The second kappa shape index (κ2) is 13.3. The average molecular weight is 716 g/mol. The molecule has 0 radical (unpaired) electrons. The van der Waals surface area contributed by atoms with Gasteiger partial charge in [-0.1, -0.05) is 54.6 Å². The third-order valence-corrected chi connectivity index (χ3v) is 9.29. The molecule has 0 bridgehead atoms. The first kappa shape index (κ1) is 36.7. The van der Waals surface area contributed by atoms with Gasteiger partial charge in [-0.25, -0.2) is 4.79 Å². The maximum atomic E-state index is 14.6. The summed E-state index contributed by atoms with van der Waals surface area (Å²) in [7, 11) is 1.32. The van der Waals surface area contributed by atoms with E-state index in [-0.39, 0.29) is 32.8 Å². The van der Waals surface area contributed by atoms with Gasteiger partial charge < -0.3 is 19.9 Å². The van der Waals surface area contributed by atoms with Gasteiger partial charge in [0.15, 0.2) is 0 Å². The molecule has 1 aliphatic rings. The van der Waals surface area contributed by atoms with Crippen molar-refractivity contribution in [2.75, 3.05) is 19.6 Å². The van der Waals surface area contributed by atoms with E-state index >= 15 is 0 Å². The van der Waals surface area contributed by atoms with E-state index in [0.717, 1.165) is 9.47 Å². The number of fused-ring (bicyclic) bond motifs is 2. The van der Waals surface area contributed by atoms with Crippen molar-refractivity contribution >= 4 is 33.6 Å². The van der Waals surface area contributed by atoms with Crippen LogP contribution < -0.4 is 10.9 Å². The lowest BCUT2D eigenvalue weighted by Gasteiger charge is -2.42. The minimum atomic E-state index is -5.16. The Labute approximate surface area is 278 Å². The highest BCUT2D eigenvalue weighted by molar-refractivity contribution is 6.02. The molecule has 3 aromatic carbocycles. The quantitative estimate of drug-likeness (QED) is 0.190. The maximum Gasteiger partial charge on any atom is 0.417 e. The Morgan fingerprint density at radius 2 is 1.46 bits per heavy atom. The number of alkyl halides is 9. The first-order valence-corrected chi connectivity index (χ1v) is 15.3. The molecular formula is C34H30F9N3O4. The number of nitrogens with zero attached hydrogens (tertiary/aromatic N) is 2. The highest BCUT2D eigenvalue weighted by atomic mass is 19.4. The number of carboxylic acids is 1. The van der Waals surface area contributed by atoms with Crippen LogP contribution in [0.4, 0.5) is 39.5 Å². The molecule has 0 saturated carbocycles. The first-order chi connectivity index (χ1) is 23.2. The van der Waals surface area contributed by atoms with Gasteiger partial charge in [-0.05, 0) is 53.9 Å². The molecule has 0 spiro atoms. The number of piperidine rings is 1. The van der Waals surface area contributed by atoms with Crippen molar-refractivity contribution in [3.05, 3.63) is 82.1 Å². The van der Waals surface area contributed by atoms with Gasteiger partial charge in [0, 0.05) is 25.4 Å². The molecule has 2 heterocycles. The summed E-state index contributed by atoms with van der Waals surface area (Å²) in [5.41, 5.74) is -5.78. The van der Waals surface area contributed by atoms with Crippen LogP contribution in [0.1, 0.15) is 30.4 Å². The average Bonchev–Trinajstić information content (AvgIpc) is 3.03. The van der Waals surface area contributed by atoms with E-state index in [1.165, 1.54) is 67.7 Å². The second-order valence-electron chi connectivity index (χ2n) is 12.3. The van der Waals surface area contributed by atoms with Gasteiger partial charge in [0.1, 0.15) is 11.5 Å². The van der Waals surface area contributed by atoms with E-state index in [2.05, 4.69) is 0 Å². The van der Waals surface area contributed by atoms with Crippen LogP contribution in [0.15, 0.2) is 65.5 Å². The number of hydrogen-bond acceptors (Lipinski definition) is 4. The number of nitrogens with one attached hydrogen (secondary N) is 1. The molecule has 0 aliphatic carbocycles. The third-order valence-electron chi connectivity index (χ3n) is 9.29. The lowest BCUT2D eigenvalue weighted by Crippen LogP contribution is -2.59. The van der Waals surface area contributed by atoms with E-state index in [1.54, 1.807) is 0 Å². The summed E-state index contributed by atoms with van der Waals surface area (Å²) < 4.78 is 126. The lowest BCUT2D eigenvalue weighted by molar-refractivity contribution is -0.234. The molecule has 4 aromatic rings. The van der Waals surface area contributed by atoms with Gasteiger partial charge >= 0.3 is 24.5 Å². The number of aryl methyl sites for hydroxylation is 1. The minimum absolute atomic E-state index is 0.0400. The van der Waals surface area contributed by atoms with Crippen LogP contribution in [0.25, 0.3) is 32.8 Å². The summed E-state index contributed by atoms with van der Waals surface area (Å²) in [5, 5.41) is 12.0. The van der Waals surface area contributed by atoms with Crippen molar-refractivity contribution < 1.29 is 54.2 Å². The summed E-state index contributed by atoms with van der Waals surface area (Å²) in [6, 6.07) is 11.9. The number of pyridine rings is 1. The molecule has 16 heteroatoms. The van der Waals surface area contributed by atoms with Gasteiger partial charge in [-0.15, -0.1) is 0 Å². The fraction of sp³-hybridized carbons (Fsp3) is 0.382. The fourth-order valence-electron chi connectivity index (χ4n) is 6.61. The molecule has 0 unspecified atom stereocenters. The van der Waals surface area contributed by atoms with Crippen LogP contribution >= 0.6 is 0 Å². The number of para-hydroxylation sites is 1. The standard InChI is InChI=1S/C34H30F9N3O4/c1-45-25-11-3-2-7-23(25)27(33(38,39)40)26(28(45)47)22-10-5-8-20-19(6-4-9-21(20)22)18-24(29(48)49)44-30(50)31(34(41,42)43)12-15-46(16-13-31)17-14-32(35,36)37/h2-11,24H,12-18H2,1H3,(H,44,50)(H,48,49)/t24-/m0/s1. The number of amides is 1. The van der Waals surface area contributed by atoms with E-state index in [0.29, 0.717) is 0 Å². The fourth-order valence-corrected chi connectivity index (χ4v) is 6.61. The Kier molecular flexibility index (Phi) is 9.73. The number of halogens is 9. The maximum absolute atomic E-state index is 14.6. The predicted molar refractivity (Wildman–Crippen MR) is 165 cm³/mol. The highest BCUT2D eigenvalue weighted by Gasteiger charge is 2.61. The normalized spacial score (nSPS) is 16.4. The van der Waals surface area contributed by atoms with Gasteiger partial charge in [-0.3, -0.25) is 9.59 Å². The SMILES string of the molecule is Cn1c(=O)c(-c2cccc3c(C[C@H](NC(=O)C4(C(F)(F)F)CCN(CCC(F)(F)F)CC4)C(=O)O)cccc23)c(C(F)(F)F)c2ccccc21. The molecule has 1 aromatic heterocycles. The van der Waals surface area contributed by atoms with Crippen LogP contribution in [-0.2, 0) is 29.2 Å². The van der Waals surface area contributed by atoms with E-state index in [9.17, 15) is 59.0 Å². The van der Waals surface area contributed by atoms with E-state index in [1.807, 2.05) is 5.32 Å². The summed E-state index contributed by atoms with van der Waals surface area (Å²) in [6.45, 7) is -1.53. The monoisotopic (exact) mass is 715 g/mol. The minimum Gasteiger partial charge on any atom is -0.480 e. The molecule has 1 saturated heterocycles. The Bertz CT molecular complexity index is 1990. The van der Waals surface area contributed by atoms with Crippen LogP contribution in [-0.4, -0.2) is 64.5 Å². The number of hydrogen-bond donors (Lipinski definition) is 2. The number of rotatable bonds is 8. The van der Waals surface area contributed by atoms with Crippen LogP contribution in [0.5, 0.6) is 0 Å².